The van der Waals surface area contributed by atoms with Gasteiger partial charge in [0.25, 0.3) is 0 Å². The minimum Gasteiger partial charge on any atom is -0.465 e. The van der Waals surface area contributed by atoms with Gasteiger partial charge in [0.2, 0.25) is 0 Å². The number of nitrogens with one attached hydrogen (secondary N) is 1. The van der Waals surface area contributed by atoms with Gasteiger partial charge >= 0.3 is 6.09 Å². The lowest BCUT2D eigenvalue weighted by molar-refractivity contribution is 0.120. The average molecular weight is 196 g/mol. The van der Waals surface area contributed by atoms with E-state index < -0.39 is 6.09 Å². The Morgan fingerprint density at radius 3 is 3.14 bits per heavy atom. The van der Waals surface area contributed by atoms with Gasteiger partial charge < -0.3 is 15.2 Å². The number of pyridine rings is 1. The van der Waals surface area contributed by atoms with E-state index in [9.17, 15) is 4.79 Å². The molecule has 76 valence electrons. The van der Waals surface area contributed by atoms with Crippen LogP contribution in [0.5, 0.6) is 0 Å². The Morgan fingerprint density at radius 2 is 2.50 bits per heavy atom. The maximum absolute atomic E-state index is 10.1. The molecule has 0 unspecified atom stereocenters. The molecule has 5 heteroatoms. The first-order valence-electron chi connectivity index (χ1n) is 4.22. The van der Waals surface area contributed by atoms with Gasteiger partial charge in [0.15, 0.2) is 0 Å². The molecular weight excluding hydrogens is 184 g/mol. The van der Waals surface area contributed by atoms with Crippen molar-refractivity contribution >= 4 is 6.09 Å². The third kappa shape index (κ3) is 4.42. The molecule has 1 aromatic rings. The van der Waals surface area contributed by atoms with Crippen molar-refractivity contribution in [1.82, 2.24) is 10.3 Å². The van der Waals surface area contributed by atoms with Crippen LogP contribution in [0.2, 0.25) is 0 Å². The van der Waals surface area contributed by atoms with E-state index in [1.807, 2.05) is 12.1 Å². The molecule has 1 amide bonds. The predicted molar refractivity (Wildman–Crippen MR) is 49.9 cm³/mol. The first-order valence-corrected chi connectivity index (χ1v) is 4.22. The SMILES string of the molecule is O=C(O)NCCOCc1cccnc1. The molecule has 2 N–H and O–H groups in total. The quantitative estimate of drug-likeness (QED) is 0.685. The Hall–Kier alpha value is -1.62. The number of hydrogen-bond donors (Lipinski definition) is 2. The summed E-state index contributed by atoms with van der Waals surface area (Å²) >= 11 is 0. The Balaban J connectivity index is 2.08. The first-order chi connectivity index (χ1) is 6.79. The highest BCUT2D eigenvalue weighted by Crippen LogP contribution is 1.96. The van der Waals surface area contributed by atoms with Crippen molar-refractivity contribution in [2.24, 2.45) is 0 Å². The summed E-state index contributed by atoms with van der Waals surface area (Å²) < 4.78 is 5.20. The number of carboxylic acid groups (broad SMARTS) is 1. The Morgan fingerprint density at radius 1 is 1.64 bits per heavy atom. The molecule has 5 nitrogen and oxygen atoms in total. The fraction of sp³-hybridized carbons (Fsp3) is 0.333. The molecule has 0 aromatic carbocycles. The third-order valence-electron chi connectivity index (χ3n) is 1.51. The van der Waals surface area contributed by atoms with E-state index in [4.69, 9.17) is 9.84 Å². The fourth-order valence-corrected chi connectivity index (χ4v) is 0.904. The van der Waals surface area contributed by atoms with Crippen molar-refractivity contribution in [2.45, 2.75) is 6.61 Å². The van der Waals surface area contributed by atoms with Crippen LogP contribution in [0.4, 0.5) is 4.79 Å². The molecule has 0 bridgehead atoms. The monoisotopic (exact) mass is 196 g/mol. The largest absolute Gasteiger partial charge is 0.465 e. The van der Waals surface area contributed by atoms with E-state index in [1.54, 1.807) is 12.4 Å². The zero-order chi connectivity index (χ0) is 10.2. The number of nitrogens with zero attached hydrogens (tertiary/aromatic N) is 1. The molecule has 0 saturated carbocycles. The van der Waals surface area contributed by atoms with Crippen LogP contribution in [0.1, 0.15) is 5.56 Å². The van der Waals surface area contributed by atoms with Crippen molar-refractivity contribution in [1.29, 1.82) is 0 Å². The van der Waals surface area contributed by atoms with E-state index in [2.05, 4.69) is 10.3 Å². The van der Waals surface area contributed by atoms with E-state index in [0.717, 1.165) is 5.56 Å². The third-order valence-corrected chi connectivity index (χ3v) is 1.51. The van der Waals surface area contributed by atoms with E-state index in [0.29, 0.717) is 19.8 Å². The van der Waals surface area contributed by atoms with Crippen molar-refractivity contribution in [3.63, 3.8) is 0 Å². The minimum absolute atomic E-state index is 0.301. The number of carbonyl (C=O) groups is 1. The molecule has 0 atom stereocenters. The number of aromatic nitrogens is 1. The zero-order valence-corrected chi connectivity index (χ0v) is 7.64. The van der Waals surface area contributed by atoms with Crippen LogP contribution in [0.25, 0.3) is 0 Å². The van der Waals surface area contributed by atoms with Gasteiger partial charge in [-0.3, -0.25) is 4.98 Å². The lowest BCUT2D eigenvalue weighted by Crippen LogP contribution is -2.25. The summed E-state index contributed by atoms with van der Waals surface area (Å²) in [6.45, 7) is 1.12. The van der Waals surface area contributed by atoms with Gasteiger partial charge in [-0.1, -0.05) is 6.07 Å². The fourth-order valence-electron chi connectivity index (χ4n) is 0.904. The Kier molecular flexibility index (Phi) is 4.43. The van der Waals surface area contributed by atoms with Crippen molar-refractivity contribution in [2.75, 3.05) is 13.2 Å². The van der Waals surface area contributed by atoms with E-state index in [1.165, 1.54) is 0 Å². The Labute approximate surface area is 81.7 Å². The molecule has 0 spiro atoms. The highest BCUT2D eigenvalue weighted by atomic mass is 16.5. The van der Waals surface area contributed by atoms with E-state index in [-0.39, 0.29) is 0 Å². The molecule has 0 aliphatic rings. The summed E-state index contributed by atoms with van der Waals surface area (Å²) in [6, 6.07) is 3.73. The minimum atomic E-state index is -1.03. The molecule has 0 aliphatic carbocycles. The van der Waals surface area contributed by atoms with Crippen LogP contribution in [0, 0.1) is 0 Å². The zero-order valence-electron chi connectivity index (χ0n) is 7.64. The van der Waals surface area contributed by atoms with Crippen LogP contribution in [0.3, 0.4) is 0 Å². The van der Waals surface area contributed by atoms with Crippen LogP contribution >= 0.6 is 0 Å². The molecule has 1 rings (SSSR count). The first kappa shape index (κ1) is 10.5. The lowest BCUT2D eigenvalue weighted by atomic mass is 10.3. The van der Waals surface area contributed by atoms with Crippen molar-refractivity contribution < 1.29 is 14.6 Å². The van der Waals surface area contributed by atoms with Gasteiger partial charge in [0.05, 0.1) is 13.2 Å². The van der Waals surface area contributed by atoms with Crippen LogP contribution in [-0.2, 0) is 11.3 Å². The average Bonchev–Trinajstić information content (AvgIpc) is 2.18. The molecule has 0 aliphatic heterocycles. The highest BCUT2D eigenvalue weighted by Gasteiger charge is 1.94. The van der Waals surface area contributed by atoms with Gasteiger partial charge in [0, 0.05) is 18.9 Å². The summed E-state index contributed by atoms with van der Waals surface area (Å²) in [5.41, 5.74) is 0.975. The number of ether oxygens (including phenoxy) is 1. The second-order valence-electron chi connectivity index (χ2n) is 2.65. The van der Waals surface area contributed by atoms with Crippen LogP contribution in [0.15, 0.2) is 24.5 Å². The second-order valence-corrected chi connectivity index (χ2v) is 2.65. The summed E-state index contributed by atoms with van der Waals surface area (Å²) in [7, 11) is 0. The number of amides is 1. The normalized spacial score (nSPS) is 9.71. The standard InChI is InChI=1S/C9H12N2O3/c12-9(13)11-4-5-14-7-8-2-1-3-10-6-8/h1-3,6,11H,4-5,7H2,(H,12,13). The molecule has 0 fully saturated rings. The maximum atomic E-state index is 10.1. The molecular formula is C9H12N2O3. The van der Waals surface area contributed by atoms with Crippen LogP contribution < -0.4 is 5.32 Å². The van der Waals surface area contributed by atoms with Gasteiger partial charge in [-0.05, 0) is 11.6 Å². The summed E-state index contributed by atoms with van der Waals surface area (Å²) in [4.78, 5) is 14.0. The van der Waals surface area contributed by atoms with Gasteiger partial charge in [-0.2, -0.15) is 0 Å². The smallest absolute Gasteiger partial charge is 0.404 e. The number of hydrogen-bond acceptors (Lipinski definition) is 3. The van der Waals surface area contributed by atoms with Gasteiger partial charge in [-0.15, -0.1) is 0 Å². The molecule has 0 radical (unpaired) electrons. The van der Waals surface area contributed by atoms with Gasteiger partial charge in [0.1, 0.15) is 0 Å². The molecule has 0 saturated heterocycles. The van der Waals surface area contributed by atoms with Crippen molar-refractivity contribution in [3.8, 4) is 0 Å². The summed E-state index contributed by atoms with van der Waals surface area (Å²) in [5, 5.41) is 10.5. The number of rotatable bonds is 5. The maximum Gasteiger partial charge on any atom is 0.404 e. The van der Waals surface area contributed by atoms with Crippen molar-refractivity contribution in [3.05, 3.63) is 30.1 Å². The molecule has 1 aromatic heterocycles. The molecule has 1 heterocycles. The highest BCUT2D eigenvalue weighted by molar-refractivity contribution is 5.64. The lowest BCUT2D eigenvalue weighted by Gasteiger charge is -2.03. The topological polar surface area (TPSA) is 71.5 Å². The summed E-state index contributed by atoms with van der Waals surface area (Å²) in [5.74, 6) is 0. The second kappa shape index (κ2) is 5.93. The van der Waals surface area contributed by atoms with Gasteiger partial charge in [-0.25, -0.2) is 4.79 Å². The van der Waals surface area contributed by atoms with E-state index >= 15 is 0 Å². The van der Waals surface area contributed by atoms with Crippen LogP contribution in [-0.4, -0.2) is 29.3 Å². The molecule has 14 heavy (non-hydrogen) atoms. The predicted octanol–water partition coefficient (Wildman–Crippen LogP) is 0.866. The summed E-state index contributed by atoms with van der Waals surface area (Å²) in [6.07, 6.45) is 2.37. The Bertz CT molecular complexity index is 277.